The van der Waals surface area contributed by atoms with Crippen molar-refractivity contribution in [1.82, 2.24) is 0 Å². The molecule has 1 aromatic rings. The highest BCUT2D eigenvalue weighted by Crippen LogP contribution is 2.35. The second-order valence-corrected chi connectivity index (χ2v) is 4.39. The lowest BCUT2D eigenvalue weighted by Gasteiger charge is -2.32. The molecule has 0 amide bonds. The van der Waals surface area contributed by atoms with E-state index in [1.54, 1.807) is 0 Å². The first kappa shape index (κ1) is 8.89. The summed E-state index contributed by atoms with van der Waals surface area (Å²) in [5.74, 6) is 0.892. The minimum absolute atomic E-state index is 0.0995. The lowest BCUT2D eigenvalue weighted by Crippen LogP contribution is -2.31. The third kappa shape index (κ3) is 1.80. The van der Waals surface area contributed by atoms with Crippen molar-refractivity contribution in [3.05, 3.63) is 35.2 Å². The molecule has 1 aliphatic heterocycles. The van der Waals surface area contributed by atoms with Crippen LogP contribution in [0.4, 0.5) is 0 Å². The van der Waals surface area contributed by atoms with Gasteiger partial charge in [0.05, 0.1) is 0 Å². The normalized spacial score (nSPS) is 19.0. The van der Waals surface area contributed by atoms with Gasteiger partial charge in [0.15, 0.2) is 0 Å². The monoisotopic (exact) mass is 195 g/mol. The highest BCUT2D eigenvalue weighted by molar-refractivity contribution is 6.30. The number of benzene rings is 1. The van der Waals surface area contributed by atoms with Crippen LogP contribution in [-0.2, 0) is 0 Å². The lowest BCUT2D eigenvalue weighted by atomic mass is 9.94. The molecule has 2 heteroatoms. The number of ether oxygens (including phenoxy) is 1. The van der Waals surface area contributed by atoms with Gasteiger partial charge in [-0.15, -0.1) is 0 Å². The molecule has 0 saturated carbocycles. The maximum atomic E-state index is 5.88. The first-order chi connectivity index (χ1) is 6.07. The predicted molar refractivity (Wildman–Crippen MR) is 54.2 cm³/mol. The maximum absolute atomic E-state index is 5.88. The van der Waals surface area contributed by atoms with Crippen LogP contribution >= 0.6 is 11.6 Å². The Bertz CT molecular complexity index is 331. The van der Waals surface area contributed by atoms with Gasteiger partial charge in [-0.3, -0.25) is 0 Å². The van der Waals surface area contributed by atoms with E-state index in [1.807, 2.05) is 18.2 Å². The van der Waals surface area contributed by atoms with E-state index in [-0.39, 0.29) is 5.60 Å². The molecule has 13 heavy (non-hydrogen) atoms. The van der Waals surface area contributed by atoms with E-state index in [0.717, 1.165) is 22.8 Å². The fourth-order valence-electron chi connectivity index (χ4n) is 1.46. The van der Waals surface area contributed by atoms with E-state index in [4.69, 9.17) is 16.3 Å². The zero-order chi connectivity index (χ0) is 9.47. The Morgan fingerprint density at radius 2 is 2.15 bits per heavy atom. The van der Waals surface area contributed by atoms with Gasteiger partial charge < -0.3 is 4.74 Å². The summed E-state index contributed by atoms with van der Waals surface area (Å²) in [4.78, 5) is 0. The van der Waals surface area contributed by atoms with Crippen LogP contribution in [0.1, 0.15) is 25.8 Å². The maximum Gasteiger partial charge on any atom is 0.125 e. The Hall–Kier alpha value is -0.690. The number of hydrogen-bond acceptors (Lipinski definition) is 1. The average molecular weight is 196 g/mol. The van der Waals surface area contributed by atoms with Crippen molar-refractivity contribution < 1.29 is 4.74 Å². The fraction of sp³-hybridized carbons (Fsp3) is 0.364. The molecule has 1 radical (unpaired) electrons. The molecule has 0 saturated heterocycles. The van der Waals surface area contributed by atoms with Crippen molar-refractivity contribution in [2.24, 2.45) is 0 Å². The zero-order valence-corrected chi connectivity index (χ0v) is 8.56. The predicted octanol–water partition coefficient (Wildman–Crippen LogP) is 3.45. The summed E-state index contributed by atoms with van der Waals surface area (Å²) in [5.41, 5.74) is 1.04. The van der Waals surface area contributed by atoms with Crippen molar-refractivity contribution in [3.8, 4) is 5.75 Å². The van der Waals surface area contributed by atoms with Crippen LogP contribution in [0.5, 0.6) is 5.75 Å². The van der Waals surface area contributed by atoms with Crippen LogP contribution < -0.4 is 4.74 Å². The van der Waals surface area contributed by atoms with E-state index >= 15 is 0 Å². The Morgan fingerprint density at radius 1 is 1.38 bits per heavy atom. The van der Waals surface area contributed by atoms with Gasteiger partial charge in [0.2, 0.25) is 0 Å². The molecule has 0 aliphatic carbocycles. The van der Waals surface area contributed by atoms with E-state index in [1.165, 1.54) is 0 Å². The molecule has 1 heterocycles. The third-order valence-corrected chi connectivity index (χ3v) is 2.41. The van der Waals surface area contributed by atoms with Crippen LogP contribution in [0.2, 0.25) is 5.02 Å². The van der Waals surface area contributed by atoms with Gasteiger partial charge in [-0.25, -0.2) is 0 Å². The molecule has 2 rings (SSSR count). The van der Waals surface area contributed by atoms with Crippen LogP contribution in [0.15, 0.2) is 18.2 Å². The second-order valence-electron chi connectivity index (χ2n) is 3.95. The summed E-state index contributed by atoms with van der Waals surface area (Å²) < 4.78 is 5.78. The van der Waals surface area contributed by atoms with E-state index in [9.17, 15) is 0 Å². The van der Waals surface area contributed by atoms with Gasteiger partial charge in [-0.05, 0) is 44.4 Å². The molecule has 1 aliphatic rings. The number of halogens is 1. The van der Waals surface area contributed by atoms with Crippen molar-refractivity contribution in [1.29, 1.82) is 0 Å². The highest BCUT2D eigenvalue weighted by Gasteiger charge is 2.26. The molecule has 0 N–H and O–H groups in total. The molecule has 69 valence electrons. The van der Waals surface area contributed by atoms with Gasteiger partial charge in [0.1, 0.15) is 11.4 Å². The van der Waals surface area contributed by atoms with E-state index < -0.39 is 0 Å². The molecular formula is C11H12ClO. The fourth-order valence-corrected chi connectivity index (χ4v) is 1.62. The molecule has 0 bridgehead atoms. The van der Waals surface area contributed by atoms with Gasteiger partial charge in [-0.1, -0.05) is 17.7 Å². The number of fused-ring (bicyclic) bond motifs is 1. The molecule has 0 spiro atoms. The first-order valence-electron chi connectivity index (χ1n) is 4.39. The van der Waals surface area contributed by atoms with Crippen LogP contribution in [0.3, 0.4) is 0 Å². The van der Waals surface area contributed by atoms with Crippen molar-refractivity contribution in [2.75, 3.05) is 0 Å². The number of rotatable bonds is 0. The van der Waals surface area contributed by atoms with Crippen molar-refractivity contribution in [2.45, 2.75) is 25.9 Å². The summed E-state index contributed by atoms with van der Waals surface area (Å²) in [6.07, 6.45) is 3.14. The smallest absolute Gasteiger partial charge is 0.125 e. The van der Waals surface area contributed by atoms with Gasteiger partial charge in [0, 0.05) is 5.02 Å². The largest absolute Gasteiger partial charge is 0.487 e. The molecule has 0 fully saturated rings. The SMILES string of the molecule is CC1(C)C[CH]c2ccc(Cl)cc2O1. The quantitative estimate of drug-likeness (QED) is 0.616. The summed E-state index contributed by atoms with van der Waals surface area (Å²) in [6, 6.07) is 5.75. The van der Waals surface area contributed by atoms with Gasteiger partial charge in [-0.2, -0.15) is 0 Å². The Balaban J connectivity index is 2.38. The van der Waals surface area contributed by atoms with Crippen LogP contribution in [0.25, 0.3) is 0 Å². The summed E-state index contributed by atoms with van der Waals surface area (Å²) >= 11 is 5.88. The molecular weight excluding hydrogens is 184 g/mol. The molecule has 1 aromatic carbocycles. The van der Waals surface area contributed by atoms with Gasteiger partial charge >= 0.3 is 0 Å². The molecule has 0 atom stereocenters. The standard InChI is InChI=1S/C11H12ClO/c1-11(2)6-5-8-3-4-9(12)7-10(8)13-11/h3-5,7H,6H2,1-2H3. The minimum atomic E-state index is -0.0995. The third-order valence-electron chi connectivity index (χ3n) is 2.18. The highest BCUT2D eigenvalue weighted by atomic mass is 35.5. The topological polar surface area (TPSA) is 9.23 Å². The molecule has 0 unspecified atom stereocenters. The van der Waals surface area contributed by atoms with Gasteiger partial charge in [0.25, 0.3) is 0 Å². The van der Waals surface area contributed by atoms with Crippen molar-refractivity contribution in [3.63, 3.8) is 0 Å². The zero-order valence-electron chi connectivity index (χ0n) is 7.80. The van der Waals surface area contributed by atoms with Crippen LogP contribution in [0, 0.1) is 6.42 Å². The molecule has 1 nitrogen and oxygen atoms in total. The lowest BCUT2D eigenvalue weighted by molar-refractivity contribution is 0.0988. The Kier molecular flexibility index (Phi) is 1.99. The average Bonchev–Trinajstić information content (AvgIpc) is 2.01. The van der Waals surface area contributed by atoms with E-state index in [0.29, 0.717) is 0 Å². The number of hydrogen-bond donors (Lipinski definition) is 0. The first-order valence-corrected chi connectivity index (χ1v) is 4.76. The summed E-state index contributed by atoms with van der Waals surface area (Å²) in [7, 11) is 0. The van der Waals surface area contributed by atoms with Crippen molar-refractivity contribution >= 4 is 11.6 Å². The summed E-state index contributed by atoms with van der Waals surface area (Å²) in [6.45, 7) is 4.15. The van der Waals surface area contributed by atoms with Crippen LogP contribution in [-0.4, -0.2) is 5.60 Å². The minimum Gasteiger partial charge on any atom is -0.487 e. The Morgan fingerprint density at radius 3 is 2.92 bits per heavy atom. The molecule has 0 aromatic heterocycles. The second kappa shape index (κ2) is 2.91. The summed E-state index contributed by atoms with van der Waals surface area (Å²) in [5, 5.41) is 0.727. The Labute approximate surface area is 83.7 Å². The van der Waals surface area contributed by atoms with E-state index in [2.05, 4.69) is 20.3 Å².